The molecule has 1 aliphatic heterocycles. The van der Waals surface area contributed by atoms with Crippen molar-refractivity contribution in [3.63, 3.8) is 0 Å². The maximum Gasteiger partial charge on any atom is 0.126 e. The Morgan fingerprint density at radius 1 is 1.25 bits per heavy atom. The van der Waals surface area contributed by atoms with Crippen LogP contribution in [0.3, 0.4) is 0 Å². The molecule has 3 saturated carbocycles. The first-order valence-corrected chi connectivity index (χ1v) is 9.27. The van der Waals surface area contributed by atoms with Crippen LogP contribution in [-0.2, 0) is 13.0 Å². The summed E-state index contributed by atoms with van der Waals surface area (Å²) in [5, 5.41) is 7.43. The summed E-state index contributed by atoms with van der Waals surface area (Å²) >= 11 is 0. The molecule has 1 atom stereocenters. The van der Waals surface area contributed by atoms with Gasteiger partial charge < -0.3 is 0 Å². The van der Waals surface area contributed by atoms with Gasteiger partial charge >= 0.3 is 0 Å². The fourth-order valence-corrected chi connectivity index (χ4v) is 5.16. The predicted molar refractivity (Wildman–Crippen MR) is 95.3 cm³/mol. The van der Waals surface area contributed by atoms with Gasteiger partial charge in [0.25, 0.3) is 0 Å². The Bertz CT molecular complexity index is 635. The van der Waals surface area contributed by atoms with Gasteiger partial charge in [0, 0.05) is 29.6 Å². The molecule has 1 unspecified atom stereocenters. The second-order valence-electron chi connectivity index (χ2n) is 9.09. The smallest absolute Gasteiger partial charge is 0.126 e. The number of halogens is 1. The number of rotatable bonds is 5. The maximum absolute atomic E-state index is 14.0. The minimum atomic E-state index is -0.0564. The van der Waals surface area contributed by atoms with Gasteiger partial charge in [0.15, 0.2) is 0 Å². The molecule has 0 amide bonds. The average Bonchev–Trinajstić information content (AvgIpc) is 2.76. The molecule has 4 aliphatic rings. The molecule has 4 fully saturated rings. The molecule has 1 saturated heterocycles. The number of hydrogen-bond donors (Lipinski definition) is 2. The Morgan fingerprint density at radius 3 is 2.50 bits per heavy atom. The minimum absolute atomic E-state index is 0.0564. The van der Waals surface area contributed by atoms with E-state index in [-0.39, 0.29) is 11.4 Å². The normalized spacial score (nSPS) is 36.5. The van der Waals surface area contributed by atoms with E-state index in [2.05, 4.69) is 42.5 Å². The summed E-state index contributed by atoms with van der Waals surface area (Å²) in [6.45, 7) is 8.42. The first kappa shape index (κ1) is 16.5. The maximum atomic E-state index is 14.0. The van der Waals surface area contributed by atoms with Crippen LogP contribution in [0, 0.1) is 11.2 Å². The van der Waals surface area contributed by atoms with Crippen molar-refractivity contribution in [1.29, 1.82) is 0 Å². The molecule has 0 radical (unpaired) electrons. The Balaban J connectivity index is 1.37. The first-order chi connectivity index (χ1) is 11.3. The lowest BCUT2D eigenvalue weighted by Gasteiger charge is -2.75. The van der Waals surface area contributed by atoms with Crippen LogP contribution in [0.2, 0.25) is 0 Å². The summed E-state index contributed by atoms with van der Waals surface area (Å²) < 4.78 is 14.0. The van der Waals surface area contributed by atoms with Gasteiger partial charge in [-0.1, -0.05) is 19.1 Å². The molecule has 0 aromatic heterocycles. The van der Waals surface area contributed by atoms with Crippen LogP contribution in [0.15, 0.2) is 18.2 Å². The van der Waals surface area contributed by atoms with E-state index in [1.54, 1.807) is 6.07 Å². The van der Waals surface area contributed by atoms with Crippen molar-refractivity contribution in [2.45, 2.75) is 70.2 Å². The second kappa shape index (κ2) is 5.26. The highest BCUT2D eigenvalue weighted by Gasteiger charge is 2.72. The summed E-state index contributed by atoms with van der Waals surface area (Å²) in [7, 11) is 2.20. The van der Waals surface area contributed by atoms with Gasteiger partial charge in [-0.2, -0.15) is 0 Å². The van der Waals surface area contributed by atoms with Crippen LogP contribution < -0.4 is 10.6 Å². The van der Waals surface area contributed by atoms with E-state index in [4.69, 9.17) is 0 Å². The van der Waals surface area contributed by atoms with Crippen LogP contribution in [0.4, 0.5) is 4.39 Å². The van der Waals surface area contributed by atoms with Crippen molar-refractivity contribution >= 4 is 0 Å². The quantitative estimate of drug-likeness (QED) is 0.868. The molecule has 5 rings (SSSR count). The van der Waals surface area contributed by atoms with Crippen LogP contribution in [-0.4, -0.2) is 35.7 Å². The molecular formula is C20H30FN3. The third-order valence-corrected chi connectivity index (χ3v) is 6.67. The van der Waals surface area contributed by atoms with Crippen LogP contribution >= 0.6 is 0 Å². The number of aryl methyl sites for hydroxylation is 1. The number of nitrogens with zero attached hydrogens (tertiary/aromatic N) is 1. The van der Waals surface area contributed by atoms with E-state index in [0.717, 1.165) is 30.6 Å². The zero-order valence-electron chi connectivity index (χ0n) is 15.4. The number of hydrogen-bond acceptors (Lipinski definition) is 3. The highest BCUT2D eigenvalue weighted by Crippen LogP contribution is 2.71. The van der Waals surface area contributed by atoms with Gasteiger partial charge in [0.2, 0.25) is 0 Å². The highest BCUT2D eigenvalue weighted by molar-refractivity contribution is 5.29. The van der Waals surface area contributed by atoms with E-state index in [9.17, 15) is 4.39 Å². The van der Waals surface area contributed by atoms with Gasteiger partial charge in [-0.25, -0.2) is 4.39 Å². The molecular weight excluding hydrogens is 301 g/mol. The minimum Gasteiger partial charge on any atom is -0.300 e. The summed E-state index contributed by atoms with van der Waals surface area (Å²) in [5.41, 5.74) is 2.89. The zero-order chi connectivity index (χ0) is 17.2. The molecule has 4 heteroatoms. The van der Waals surface area contributed by atoms with Crippen molar-refractivity contribution < 1.29 is 4.39 Å². The molecule has 2 bridgehead atoms. The van der Waals surface area contributed by atoms with Crippen LogP contribution in [0.25, 0.3) is 0 Å². The summed E-state index contributed by atoms with van der Waals surface area (Å²) in [5.74, 6) is -0.0564. The van der Waals surface area contributed by atoms with Crippen molar-refractivity contribution in [1.82, 2.24) is 15.5 Å². The second-order valence-corrected chi connectivity index (χ2v) is 9.09. The molecule has 3 nitrogen and oxygen atoms in total. The van der Waals surface area contributed by atoms with E-state index in [1.807, 2.05) is 13.0 Å². The summed E-state index contributed by atoms with van der Waals surface area (Å²) in [4.78, 5) is 2.45. The fraction of sp³-hybridized carbons (Fsp3) is 0.700. The SMILES string of the molecule is CCc1ccc(CN(C)C23CC(C4NCC(C)(C)N4)(C2)C3)cc1F. The van der Waals surface area contributed by atoms with Crippen molar-refractivity contribution in [2.75, 3.05) is 13.6 Å². The fourth-order valence-electron chi connectivity index (χ4n) is 5.16. The monoisotopic (exact) mass is 331 g/mol. The Hall–Kier alpha value is -0.970. The standard InChI is InChI=1S/C20H30FN3/c1-5-15-7-6-14(8-16(15)21)9-24(4)20-10-19(11-20,12-20)17-22-13-18(2,3)23-17/h6-8,17,22-23H,5,9-13H2,1-4H3. The van der Waals surface area contributed by atoms with Gasteiger partial charge in [-0.15, -0.1) is 0 Å². The zero-order valence-corrected chi connectivity index (χ0v) is 15.4. The van der Waals surface area contributed by atoms with Gasteiger partial charge in [-0.05, 0) is 63.8 Å². The van der Waals surface area contributed by atoms with Crippen molar-refractivity contribution in [2.24, 2.45) is 5.41 Å². The third-order valence-electron chi connectivity index (χ3n) is 6.67. The lowest BCUT2D eigenvalue weighted by atomic mass is 9.37. The lowest BCUT2D eigenvalue weighted by molar-refractivity contribution is -0.233. The molecule has 1 aromatic carbocycles. The first-order valence-electron chi connectivity index (χ1n) is 9.27. The average molecular weight is 331 g/mol. The van der Waals surface area contributed by atoms with E-state index >= 15 is 0 Å². The lowest BCUT2D eigenvalue weighted by Crippen LogP contribution is -2.79. The van der Waals surface area contributed by atoms with Crippen molar-refractivity contribution in [3.8, 4) is 0 Å². The van der Waals surface area contributed by atoms with Gasteiger partial charge in [0.1, 0.15) is 5.82 Å². The number of nitrogens with one attached hydrogen (secondary N) is 2. The van der Waals surface area contributed by atoms with Crippen molar-refractivity contribution in [3.05, 3.63) is 35.1 Å². The molecule has 2 N–H and O–H groups in total. The highest BCUT2D eigenvalue weighted by atomic mass is 19.1. The Morgan fingerprint density at radius 2 is 1.96 bits per heavy atom. The Kier molecular flexibility index (Phi) is 3.62. The molecule has 1 heterocycles. The van der Waals surface area contributed by atoms with E-state index < -0.39 is 0 Å². The van der Waals surface area contributed by atoms with Crippen LogP contribution in [0.5, 0.6) is 0 Å². The molecule has 132 valence electrons. The topological polar surface area (TPSA) is 27.3 Å². The van der Waals surface area contributed by atoms with E-state index in [1.165, 1.54) is 19.3 Å². The van der Waals surface area contributed by atoms with E-state index in [0.29, 0.717) is 17.1 Å². The largest absolute Gasteiger partial charge is 0.300 e. The third kappa shape index (κ3) is 2.42. The van der Waals surface area contributed by atoms with Gasteiger partial charge in [0.05, 0.1) is 6.17 Å². The van der Waals surface area contributed by atoms with Gasteiger partial charge in [-0.3, -0.25) is 15.5 Å². The predicted octanol–water partition coefficient (Wildman–Crippen LogP) is 3.04. The molecule has 24 heavy (non-hydrogen) atoms. The Labute approximate surface area is 145 Å². The summed E-state index contributed by atoms with van der Waals surface area (Å²) in [6.07, 6.45) is 4.99. The number of benzene rings is 1. The molecule has 1 aromatic rings. The molecule has 3 aliphatic carbocycles. The van der Waals surface area contributed by atoms with Crippen LogP contribution in [0.1, 0.15) is 51.2 Å². The summed E-state index contributed by atoms with van der Waals surface area (Å²) in [6, 6.07) is 5.75. The molecule has 0 spiro atoms.